The van der Waals surface area contributed by atoms with E-state index in [4.69, 9.17) is 4.74 Å². The minimum atomic E-state index is -0.459. The summed E-state index contributed by atoms with van der Waals surface area (Å²) in [5.41, 5.74) is 0.501. The Morgan fingerprint density at radius 2 is 2.04 bits per heavy atom. The molecule has 0 fully saturated rings. The van der Waals surface area contributed by atoms with E-state index in [1.807, 2.05) is 4.90 Å². The van der Waals surface area contributed by atoms with E-state index in [0.29, 0.717) is 24.5 Å². The Morgan fingerprint density at radius 3 is 2.63 bits per heavy atom. The first-order valence-corrected chi connectivity index (χ1v) is 10.6. The third-order valence-corrected chi connectivity index (χ3v) is 5.20. The number of ketones is 1. The molecule has 1 unspecified atom stereocenters. The van der Waals surface area contributed by atoms with Gasteiger partial charge in [-0.15, -0.1) is 0 Å². The number of nitrogens with zero attached hydrogens (tertiary/aromatic N) is 2. The van der Waals surface area contributed by atoms with E-state index in [1.54, 1.807) is 43.9 Å². The number of thioether (sulfide) groups is 1. The van der Waals surface area contributed by atoms with Crippen molar-refractivity contribution in [2.75, 3.05) is 31.2 Å². The lowest BCUT2D eigenvalue weighted by molar-refractivity contribution is -0.143. The number of pyridine rings is 1. The standard InChI is InChI=1S/C20H30N2O4S/c1-4-6-10-22(16(3)23)11-12-27-15-18(13-19(24)26-5-2)20(25)17-8-7-9-21-14-17/h7-9,14,18H,4-6,10-13,15H2,1-3H3. The number of hydrogen-bond acceptors (Lipinski definition) is 6. The van der Waals surface area contributed by atoms with Crippen LogP contribution in [0.25, 0.3) is 0 Å². The zero-order chi connectivity index (χ0) is 20.1. The van der Waals surface area contributed by atoms with Crippen LogP contribution >= 0.6 is 11.8 Å². The van der Waals surface area contributed by atoms with Gasteiger partial charge in [-0.2, -0.15) is 11.8 Å². The third kappa shape index (κ3) is 9.04. The van der Waals surface area contributed by atoms with Crippen LogP contribution in [-0.4, -0.2) is 58.7 Å². The zero-order valence-corrected chi connectivity index (χ0v) is 17.3. The van der Waals surface area contributed by atoms with Crippen molar-refractivity contribution in [1.82, 2.24) is 9.88 Å². The SMILES string of the molecule is CCCCN(CCSCC(CC(=O)OCC)C(=O)c1cccnc1)C(C)=O. The van der Waals surface area contributed by atoms with Gasteiger partial charge in [0.15, 0.2) is 5.78 Å². The number of carbonyl (C=O) groups is 3. The number of ether oxygens (including phenoxy) is 1. The molecule has 150 valence electrons. The van der Waals surface area contributed by atoms with Crippen molar-refractivity contribution in [2.45, 2.75) is 40.0 Å². The summed E-state index contributed by atoms with van der Waals surface area (Å²) in [4.78, 5) is 42.1. The first-order valence-electron chi connectivity index (χ1n) is 9.42. The minimum Gasteiger partial charge on any atom is -0.466 e. The van der Waals surface area contributed by atoms with Crippen molar-refractivity contribution in [3.63, 3.8) is 0 Å². The van der Waals surface area contributed by atoms with Gasteiger partial charge in [0.05, 0.1) is 13.0 Å². The average Bonchev–Trinajstić information content (AvgIpc) is 2.66. The second kappa shape index (κ2) is 13.3. The maximum absolute atomic E-state index is 12.7. The van der Waals surface area contributed by atoms with Gasteiger partial charge in [-0.3, -0.25) is 19.4 Å². The highest BCUT2D eigenvalue weighted by Crippen LogP contribution is 2.19. The van der Waals surface area contributed by atoms with Crippen LogP contribution < -0.4 is 0 Å². The number of Topliss-reactive ketones (excluding diaryl/α,β-unsaturated/α-hetero) is 1. The molecule has 7 heteroatoms. The number of rotatable bonds is 13. The Balaban J connectivity index is 2.61. The molecule has 0 spiro atoms. The highest BCUT2D eigenvalue weighted by Gasteiger charge is 2.24. The van der Waals surface area contributed by atoms with Crippen molar-refractivity contribution in [1.29, 1.82) is 0 Å². The normalized spacial score (nSPS) is 11.7. The molecule has 0 bridgehead atoms. The molecule has 1 amide bonds. The lowest BCUT2D eigenvalue weighted by atomic mass is 9.97. The molecule has 0 aliphatic heterocycles. The van der Waals surface area contributed by atoms with Crippen LogP contribution in [0.4, 0.5) is 0 Å². The Kier molecular flexibility index (Phi) is 11.4. The highest BCUT2D eigenvalue weighted by molar-refractivity contribution is 7.99. The van der Waals surface area contributed by atoms with E-state index in [1.165, 1.54) is 6.20 Å². The summed E-state index contributed by atoms with van der Waals surface area (Å²) < 4.78 is 5.01. The van der Waals surface area contributed by atoms with Crippen LogP contribution in [0.3, 0.4) is 0 Å². The Labute approximate surface area is 166 Å². The maximum atomic E-state index is 12.7. The van der Waals surface area contributed by atoms with Gasteiger partial charge in [0.1, 0.15) is 0 Å². The fourth-order valence-corrected chi connectivity index (χ4v) is 3.64. The molecular weight excluding hydrogens is 364 g/mol. The van der Waals surface area contributed by atoms with E-state index in [2.05, 4.69) is 11.9 Å². The number of esters is 1. The molecule has 0 N–H and O–H groups in total. The van der Waals surface area contributed by atoms with Gasteiger partial charge in [0.2, 0.25) is 5.91 Å². The quantitative estimate of drug-likeness (QED) is 0.290. The van der Waals surface area contributed by atoms with Crippen LogP contribution in [0, 0.1) is 5.92 Å². The zero-order valence-electron chi connectivity index (χ0n) is 16.5. The Hall–Kier alpha value is -1.89. The van der Waals surface area contributed by atoms with E-state index >= 15 is 0 Å². The predicted octanol–water partition coefficient (Wildman–Crippen LogP) is 3.22. The van der Waals surface area contributed by atoms with Crippen LogP contribution in [-0.2, 0) is 14.3 Å². The monoisotopic (exact) mass is 394 g/mol. The molecule has 0 aromatic carbocycles. The lowest BCUT2D eigenvalue weighted by Crippen LogP contribution is -2.32. The summed E-state index contributed by atoms with van der Waals surface area (Å²) in [5, 5.41) is 0. The first-order chi connectivity index (χ1) is 13.0. The summed E-state index contributed by atoms with van der Waals surface area (Å²) in [7, 11) is 0. The molecule has 1 aromatic rings. The second-order valence-electron chi connectivity index (χ2n) is 6.25. The van der Waals surface area contributed by atoms with Crippen molar-refractivity contribution in [3.8, 4) is 0 Å². The third-order valence-electron chi connectivity index (χ3n) is 4.09. The number of amides is 1. The molecule has 1 atom stereocenters. The summed E-state index contributed by atoms with van der Waals surface area (Å²) in [6, 6.07) is 3.42. The molecule has 0 saturated carbocycles. The maximum Gasteiger partial charge on any atom is 0.306 e. The number of aromatic nitrogens is 1. The predicted molar refractivity (Wildman–Crippen MR) is 108 cm³/mol. The van der Waals surface area contributed by atoms with Crippen molar-refractivity contribution >= 4 is 29.4 Å². The molecule has 1 heterocycles. The van der Waals surface area contributed by atoms with Gasteiger partial charge in [-0.05, 0) is 25.5 Å². The van der Waals surface area contributed by atoms with Gasteiger partial charge >= 0.3 is 5.97 Å². The van der Waals surface area contributed by atoms with Gasteiger partial charge < -0.3 is 9.64 Å². The molecular formula is C20H30N2O4S. The highest BCUT2D eigenvalue weighted by atomic mass is 32.2. The fourth-order valence-electron chi connectivity index (χ4n) is 2.57. The first kappa shape index (κ1) is 23.1. The number of unbranched alkanes of at least 4 members (excludes halogenated alkanes) is 1. The summed E-state index contributed by atoms with van der Waals surface area (Å²) in [5.74, 6) is 0.375. The van der Waals surface area contributed by atoms with E-state index in [-0.39, 0.29) is 24.1 Å². The van der Waals surface area contributed by atoms with Crippen molar-refractivity contribution in [2.24, 2.45) is 5.92 Å². The number of hydrogen-bond donors (Lipinski definition) is 0. The second-order valence-corrected chi connectivity index (χ2v) is 7.40. The van der Waals surface area contributed by atoms with Gasteiger partial charge in [0, 0.05) is 55.4 Å². The largest absolute Gasteiger partial charge is 0.466 e. The topological polar surface area (TPSA) is 76.6 Å². The molecule has 6 nitrogen and oxygen atoms in total. The van der Waals surface area contributed by atoms with E-state index in [0.717, 1.165) is 25.1 Å². The average molecular weight is 395 g/mol. The minimum absolute atomic E-state index is 0.0564. The molecule has 1 rings (SSSR count). The lowest BCUT2D eigenvalue weighted by Gasteiger charge is -2.21. The molecule has 0 aliphatic carbocycles. The van der Waals surface area contributed by atoms with Crippen molar-refractivity contribution < 1.29 is 19.1 Å². The van der Waals surface area contributed by atoms with Crippen molar-refractivity contribution in [3.05, 3.63) is 30.1 Å². The van der Waals surface area contributed by atoms with Crippen LogP contribution in [0.15, 0.2) is 24.5 Å². The molecule has 27 heavy (non-hydrogen) atoms. The summed E-state index contributed by atoms with van der Waals surface area (Å²) in [6.45, 7) is 7.12. The number of carbonyl (C=O) groups excluding carboxylic acids is 3. The Bertz CT molecular complexity index is 595. The van der Waals surface area contributed by atoms with Crippen LogP contribution in [0.2, 0.25) is 0 Å². The molecule has 1 aromatic heterocycles. The Morgan fingerprint density at radius 1 is 1.26 bits per heavy atom. The van der Waals surface area contributed by atoms with Gasteiger partial charge in [0.25, 0.3) is 0 Å². The van der Waals surface area contributed by atoms with Gasteiger partial charge in [-0.25, -0.2) is 0 Å². The van der Waals surface area contributed by atoms with Gasteiger partial charge in [-0.1, -0.05) is 13.3 Å². The molecule has 0 saturated heterocycles. The van der Waals surface area contributed by atoms with Crippen LogP contribution in [0.5, 0.6) is 0 Å². The molecule has 0 radical (unpaired) electrons. The molecule has 0 aliphatic rings. The van der Waals surface area contributed by atoms with Crippen LogP contribution in [0.1, 0.15) is 50.4 Å². The van der Waals surface area contributed by atoms with E-state index < -0.39 is 5.92 Å². The summed E-state index contributed by atoms with van der Waals surface area (Å²) in [6.07, 6.45) is 5.21. The van der Waals surface area contributed by atoms with E-state index in [9.17, 15) is 14.4 Å². The smallest absolute Gasteiger partial charge is 0.306 e. The fraction of sp³-hybridized carbons (Fsp3) is 0.600. The summed E-state index contributed by atoms with van der Waals surface area (Å²) >= 11 is 1.58.